The van der Waals surface area contributed by atoms with E-state index in [2.05, 4.69) is 29.2 Å². The first-order valence-electron chi connectivity index (χ1n) is 6.26. The lowest BCUT2D eigenvalue weighted by atomic mass is 10.0. The number of nitrogens with zero attached hydrogens (tertiary/aromatic N) is 1. The number of hydrogen-bond donors (Lipinski definition) is 1. The first-order chi connectivity index (χ1) is 8.31. The molecular weight excluding hydrogens is 214 g/mol. The molecule has 2 atom stereocenters. The Kier molecular flexibility index (Phi) is 4.54. The lowest BCUT2D eigenvalue weighted by molar-refractivity contribution is 0.0933. The lowest BCUT2D eigenvalue weighted by Gasteiger charge is -2.26. The third-order valence-electron chi connectivity index (χ3n) is 3.50. The van der Waals surface area contributed by atoms with E-state index in [1.165, 1.54) is 5.56 Å². The molecule has 1 aromatic rings. The fourth-order valence-corrected chi connectivity index (χ4v) is 2.51. The summed E-state index contributed by atoms with van der Waals surface area (Å²) in [5, 5.41) is 10.0. The molecule has 1 fully saturated rings. The summed E-state index contributed by atoms with van der Waals surface area (Å²) < 4.78 is 5.11. The van der Waals surface area contributed by atoms with Crippen LogP contribution in [-0.2, 0) is 11.2 Å². The van der Waals surface area contributed by atoms with Crippen molar-refractivity contribution in [3.63, 3.8) is 0 Å². The number of likely N-dealkylation sites (tertiary alicyclic amines) is 1. The molecule has 1 saturated heterocycles. The van der Waals surface area contributed by atoms with Gasteiger partial charge in [-0.1, -0.05) is 30.3 Å². The molecule has 17 heavy (non-hydrogen) atoms. The van der Waals surface area contributed by atoms with Gasteiger partial charge < -0.3 is 9.84 Å². The summed E-state index contributed by atoms with van der Waals surface area (Å²) in [5.74, 6) is 0. The second-order valence-electron chi connectivity index (χ2n) is 4.64. The van der Waals surface area contributed by atoms with Crippen LogP contribution < -0.4 is 0 Å². The predicted molar refractivity (Wildman–Crippen MR) is 68.0 cm³/mol. The molecule has 0 unspecified atom stereocenters. The fourth-order valence-electron chi connectivity index (χ4n) is 2.51. The van der Waals surface area contributed by atoms with Gasteiger partial charge in [-0.3, -0.25) is 4.90 Å². The van der Waals surface area contributed by atoms with E-state index in [1.54, 1.807) is 7.11 Å². The number of aliphatic hydroxyl groups excluding tert-OH is 1. The highest BCUT2D eigenvalue weighted by atomic mass is 16.5. The normalized spacial score (nSPS) is 25.3. The van der Waals surface area contributed by atoms with Crippen LogP contribution in [0.15, 0.2) is 30.3 Å². The molecule has 1 aliphatic rings. The van der Waals surface area contributed by atoms with E-state index in [0.29, 0.717) is 0 Å². The quantitative estimate of drug-likeness (QED) is 0.835. The number of aliphatic hydroxyl groups is 1. The minimum Gasteiger partial charge on any atom is -0.391 e. The molecule has 0 radical (unpaired) electrons. The molecule has 1 aromatic carbocycles. The van der Waals surface area contributed by atoms with E-state index in [1.807, 2.05) is 6.07 Å². The van der Waals surface area contributed by atoms with Gasteiger partial charge in [0.2, 0.25) is 0 Å². The first-order valence-corrected chi connectivity index (χ1v) is 6.26. The summed E-state index contributed by atoms with van der Waals surface area (Å²) in [6, 6.07) is 10.6. The van der Waals surface area contributed by atoms with Crippen LogP contribution in [0.4, 0.5) is 0 Å². The van der Waals surface area contributed by atoms with Gasteiger partial charge in [0, 0.05) is 26.2 Å². The van der Waals surface area contributed by atoms with Crippen LogP contribution in [0.5, 0.6) is 0 Å². The summed E-state index contributed by atoms with van der Waals surface area (Å²) in [4.78, 5) is 2.33. The van der Waals surface area contributed by atoms with Gasteiger partial charge in [0.05, 0.1) is 12.7 Å². The Balaban J connectivity index is 1.96. The van der Waals surface area contributed by atoms with Crippen molar-refractivity contribution >= 4 is 0 Å². The monoisotopic (exact) mass is 235 g/mol. The third kappa shape index (κ3) is 3.28. The van der Waals surface area contributed by atoms with Gasteiger partial charge in [-0.15, -0.1) is 0 Å². The molecule has 1 heterocycles. The van der Waals surface area contributed by atoms with Gasteiger partial charge in [0.25, 0.3) is 0 Å². The second-order valence-corrected chi connectivity index (χ2v) is 4.64. The highest BCUT2D eigenvalue weighted by molar-refractivity contribution is 5.16. The number of benzene rings is 1. The zero-order chi connectivity index (χ0) is 12.1. The lowest BCUT2D eigenvalue weighted by Crippen LogP contribution is -2.38. The smallest absolute Gasteiger partial charge is 0.0710 e. The van der Waals surface area contributed by atoms with Crippen LogP contribution in [0, 0.1) is 0 Å². The molecule has 0 aliphatic carbocycles. The third-order valence-corrected chi connectivity index (χ3v) is 3.50. The van der Waals surface area contributed by atoms with Gasteiger partial charge in [0.15, 0.2) is 0 Å². The van der Waals surface area contributed by atoms with Crippen LogP contribution in [0.3, 0.4) is 0 Å². The average Bonchev–Trinajstić information content (AvgIpc) is 2.70. The molecule has 0 amide bonds. The molecule has 0 spiro atoms. The molecule has 0 bridgehead atoms. The average molecular weight is 235 g/mol. The molecule has 94 valence electrons. The Labute approximate surface area is 103 Å². The van der Waals surface area contributed by atoms with Crippen molar-refractivity contribution < 1.29 is 9.84 Å². The molecule has 0 aromatic heterocycles. The summed E-state index contributed by atoms with van der Waals surface area (Å²) in [5.41, 5.74) is 1.29. The summed E-state index contributed by atoms with van der Waals surface area (Å²) >= 11 is 0. The van der Waals surface area contributed by atoms with Crippen LogP contribution >= 0.6 is 0 Å². The van der Waals surface area contributed by atoms with Crippen molar-refractivity contribution in [2.45, 2.75) is 25.0 Å². The molecule has 2 rings (SSSR count). The van der Waals surface area contributed by atoms with Crippen LogP contribution in [0.1, 0.15) is 12.0 Å². The number of rotatable bonds is 5. The zero-order valence-corrected chi connectivity index (χ0v) is 10.4. The number of methoxy groups -OCH3 is 1. The van der Waals surface area contributed by atoms with E-state index in [0.717, 1.165) is 32.5 Å². The molecular formula is C14H21NO2. The highest BCUT2D eigenvalue weighted by Gasteiger charge is 2.32. The summed E-state index contributed by atoms with van der Waals surface area (Å²) in [6.45, 7) is 2.62. The fraction of sp³-hybridized carbons (Fsp3) is 0.571. The van der Waals surface area contributed by atoms with E-state index in [-0.39, 0.29) is 12.1 Å². The molecule has 0 saturated carbocycles. The Morgan fingerprint density at radius 3 is 2.82 bits per heavy atom. The summed E-state index contributed by atoms with van der Waals surface area (Å²) in [7, 11) is 1.72. The van der Waals surface area contributed by atoms with E-state index in [4.69, 9.17) is 4.74 Å². The van der Waals surface area contributed by atoms with Crippen LogP contribution in [-0.4, -0.2) is 49.0 Å². The van der Waals surface area contributed by atoms with Gasteiger partial charge in [-0.05, 0) is 18.4 Å². The van der Waals surface area contributed by atoms with E-state index >= 15 is 0 Å². The largest absolute Gasteiger partial charge is 0.391 e. The molecule has 1 aliphatic heterocycles. The van der Waals surface area contributed by atoms with E-state index in [9.17, 15) is 5.11 Å². The van der Waals surface area contributed by atoms with Crippen molar-refractivity contribution in [1.82, 2.24) is 4.90 Å². The van der Waals surface area contributed by atoms with Crippen LogP contribution in [0.2, 0.25) is 0 Å². The Morgan fingerprint density at radius 2 is 2.12 bits per heavy atom. The van der Waals surface area contributed by atoms with Crippen molar-refractivity contribution in [3.8, 4) is 0 Å². The minimum absolute atomic E-state index is 0.202. The maximum atomic E-state index is 10.0. The minimum atomic E-state index is -0.202. The zero-order valence-electron chi connectivity index (χ0n) is 10.4. The SMILES string of the molecule is COCCN1CC[C@H](O)[C@@H]1Cc1ccccc1. The molecule has 3 heteroatoms. The summed E-state index contributed by atoms with van der Waals surface area (Å²) in [6.07, 6.45) is 1.60. The highest BCUT2D eigenvalue weighted by Crippen LogP contribution is 2.21. The van der Waals surface area contributed by atoms with Crippen molar-refractivity contribution in [3.05, 3.63) is 35.9 Å². The van der Waals surface area contributed by atoms with Gasteiger partial charge in [-0.2, -0.15) is 0 Å². The standard InChI is InChI=1S/C14H21NO2/c1-17-10-9-15-8-7-14(16)13(15)11-12-5-3-2-4-6-12/h2-6,13-14,16H,7-11H2,1H3/t13-,14-/m0/s1. The molecule has 1 N–H and O–H groups in total. The second kappa shape index (κ2) is 6.15. The van der Waals surface area contributed by atoms with E-state index < -0.39 is 0 Å². The maximum absolute atomic E-state index is 10.0. The van der Waals surface area contributed by atoms with Crippen LogP contribution in [0.25, 0.3) is 0 Å². The van der Waals surface area contributed by atoms with Gasteiger partial charge in [-0.25, -0.2) is 0 Å². The van der Waals surface area contributed by atoms with Gasteiger partial charge in [0.1, 0.15) is 0 Å². The molecule has 3 nitrogen and oxygen atoms in total. The van der Waals surface area contributed by atoms with Gasteiger partial charge >= 0.3 is 0 Å². The first kappa shape index (κ1) is 12.6. The predicted octanol–water partition coefficient (Wildman–Crippen LogP) is 1.31. The van der Waals surface area contributed by atoms with Crippen molar-refractivity contribution in [2.24, 2.45) is 0 Å². The number of hydrogen-bond acceptors (Lipinski definition) is 3. The Hall–Kier alpha value is -0.900. The maximum Gasteiger partial charge on any atom is 0.0710 e. The number of ether oxygens (including phenoxy) is 1. The Morgan fingerprint density at radius 1 is 1.35 bits per heavy atom. The van der Waals surface area contributed by atoms with Crippen molar-refractivity contribution in [1.29, 1.82) is 0 Å². The topological polar surface area (TPSA) is 32.7 Å². The Bertz CT molecular complexity index is 328. The van der Waals surface area contributed by atoms with Crippen molar-refractivity contribution in [2.75, 3.05) is 26.8 Å².